The van der Waals surface area contributed by atoms with E-state index in [0.717, 1.165) is 9.96 Å². The molecule has 0 N–H and O–H groups in total. The quantitative estimate of drug-likeness (QED) is 0.513. The summed E-state index contributed by atoms with van der Waals surface area (Å²) in [5.74, 6) is -4.29. The van der Waals surface area contributed by atoms with Gasteiger partial charge in [0.15, 0.2) is 0 Å². The summed E-state index contributed by atoms with van der Waals surface area (Å²) in [7, 11) is 0. The third-order valence-electron chi connectivity index (χ3n) is 4.50. The molecule has 2 aliphatic heterocycles. The lowest BCUT2D eigenvalue weighted by atomic mass is 10.0. The van der Waals surface area contributed by atoms with Crippen molar-refractivity contribution in [3.8, 4) is 0 Å². The normalized spacial score (nSPS) is 25.8. The van der Waals surface area contributed by atoms with Crippen molar-refractivity contribution in [2.45, 2.75) is 57.7 Å². The Kier molecular flexibility index (Phi) is 6.47. The molecule has 0 aliphatic carbocycles. The zero-order valence-corrected chi connectivity index (χ0v) is 16.2. The Bertz CT molecular complexity index is 579. The standard InChI is InChI=1S/C18H28F2N2O5/c1-6-8-25-15(23)12(7-2)9-22-14-13(10-26-22)21(11-18(14,19)20)16(24)27-17(3,4)5/h6,12-14H,1,7-11H2,2-5H3/t12?,13-,14+/m0/s1. The highest BCUT2D eigenvalue weighted by molar-refractivity contribution is 5.72. The molecule has 154 valence electrons. The summed E-state index contributed by atoms with van der Waals surface area (Å²) in [6, 6.07) is -2.16. The molecule has 0 aromatic heterocycles. The fourth-order valence-electron chi connectivity index (χ4n) is 3.26. The maximum absolute atomic E-state index is 14.7. The van der Waals surface area contributed by atoms with Gasteiger partial charge in [0, 0.05) is 6.54 Å². The fraction of sp³-hybridized carbons (Fsp3) is 0.778. The van der Waals surface area contributed by atoms with Gasteiger partial charge in [-0.05, 0) is 27.2 Å². The van der Waals surface area contributed by atoms with Crippen LogP contribution in [0.25, 0.3) is 0 Å². The molecule has 0 saturated carbocycles. The van der Waals surface area contributed by atoms with E-state index in [1.807, 2.05) is 0 Å². The van der Waals surface area contributed by atoms with Crippen molar-refractivity contribution in [1.82, 2.24) is 9.96 Å². The lowest BCUT2D eigenvalue weighted by Crippen LogP contribution is -2.47. The van der Waals surface area contributed by atoms with Crippen molar-refractivity contribution in [3.05, 3.63) is 12.7 Å². The third-order valence-corrected chi connectivity index (χ3v) is 4.50. The SMILES string of the molecule is C=CCOC(=O)C(CC)CN1OC[C@H]2[C@@H]1C(F)(F)CN2C(=O)OC(C)(C)C. The van der Waals surface area contributed by atoms with Crippen LogP contribution in [0.5, 0.6) is 0 Å². The fourth-order valence-corrected chi connectivity index (χ4v) is 3.26. The van der Waals surface area contributed by atoms with Crippen LogP contribution in [0.1, 0.15) is 34.1 Å². The van der Waals surface area contributed by atoms with Gasteiger partial charge in [-0.25, -0.2) is 13.6 Å². The molecule has 0 spiro atoms. The monoisotopic (exact) mass is 390 g/mol. The Morgan fingerprint density at radius 2 is 2.07 bits per heavy atom. The van der Waals surface area contributed by atoms with E-state index in [1.165, 1.54) is 6.08 Å². The van der Waals surface area contributed by atoms with Crippen LogP contribution in [-0.2, 0) is 19.1 Å². The van der Waals surface area contributed by atoms with Gasteiger partial charge >= 0.3 is 12.1 Å². The molecule has 7 nitrogen and oxygen atoms in total. The number of likely N-dealkylation sites (tertiary alicyclic amines) is 1. The van der Waals surface area contributed by atoms with E-state index in [-0.39, 0.29) is 19.8 Å². The van der Waals surface area contributed by atoms with Gasteiger partial charge in [-0.2, -0.15) is 5.06 Å². The zero-order chi connectivity index (χ0) is 20.4. The van der Waals surface area contributed by atoms with Crippen LogP contribution in [0.2, 0.25) is 0 Å². The molecule has 27 heavy (non-hydrogen) atoms. The van der Waals surface area contributed by atoms with Gasteiger partial charge in [-0.3, -0.25) is 14.5 Å². The van der Waals surface area contributed by atoms with Crippen LogP contribution in [0, 0.1) is 5.92 Å². The Morgan fingerprint density at radius 3 is 2.63 bits per heavy atom. The number of hydrogen-bond acceptors (Lipinski definition) is 6. The summed E-state index contributed by atoms with van der Waals surface area (Å²) in [6.07, 6.45) is 1.06. The number of fused-ring (bicyclic) bond motifs is 1. The lowest BCUT2D eigenvalue weighted by Gasteiger charge is -2.28. The van der Waals surface area contributed by atoms with Gasteiger partial charge in [0.05, 0.1) is 25.1 Å². The van der Waals surface area contributed by atoms with Crippen LogP contribution in [0.4, 0.5) is 13.6 Å². The van der Waals surface area contributed by atoms with E-state index in [0.29, 0.717) is 6.42 Å². The summed E-state index contributed by atoms with van der Waals surface area (Å²) in [6.45, 7) is 9.48. The van der Waals surface area contributed by atoms with Crippen LogP contribution in [0.3, 0.4) is 0 Å². The summed E-state index contributed by atoms with van der Waals surface area (Å²) in [5.41, 5.74) is -0.786. The van der Waals surface area contributed by atoms with Crippen molar-refractivity contribution >= 4 is 12.1 Å². The number of nitrogens with zero attached hydrogens (tertiary/aromatic N) is 2. The Hall–Kier alpha value is -1.74. The largest absolute Gasteiger partial charge is 0.461 e. The molecule has 1 amide bonds. The van der Waals surface area contributed by atoms with Crippen molar-refractivity contribution in [3.63, 3.8) is 0 Å². The third kappa shape index (κ3) is 4.95. The topological polar surface area (TPSA) is 68.3 Å². The average Bonchev–Trinajstić information content (AvgIpc) is 3.08. The molecule has 3 atom stereocenters. The number of amides is 1. The summed E-state index contributed by atoms with van der Waals surface area (Å²) in [5, 5.41) is 1.12. The second-order valence-corrected chi connectivity index (χ2v) is 7.80. The van der Waals surface area contributed by atoms with E-state index in [1.54, 1.807) is 27.7 Å². The minimum atomic E-state index is -3.18. The molecular weight excluding hydrogens is 362 g/mol. The smallest absolute Gasteiger partial charge is 0.410 e. The summed E-state index contributed by atoms with van der Waals surface area (Å²) >= 11 is 0. The van der Waals surface area contributed by atoms with Gasteiger partial charge in [-0.15, -0.1) is 0 Å². The van der Waals surface area contributed by atoms with Gasteiger partial charge in [0.25, 0.3) is 5.92 Å². The second kappa shape index (κ2) is 8.10. The number of hydroxylamine groups is 2. The summed E-state index contributed by atoms with van der Waals surface area (Å²) in [4.78, 5) is 30.8. The molecule has 2 heterocycles. The molecule has 2 rings (SSSR count). The predicted octanol–water partition coefficient (Wildman–Crippen LogP) is 2.61. The van der Waals surface area contributed by atoms with Crippen LogP contribution in [-0.4, -0.2) is 71.9 Å². The summed E-state index contributed by atoms with van der Waals surface area (Å²) < 4.78 is 39.6. The first-order chi connectivity index (χ1) is 12.5. The number of hydrogen-bond donors (Lipinski definition) is 0. The number of carbonyl (C=O) groups is 2. The van der Waals surface area contributed by atoms with Gasteiger partial charge in [0.2, 0.25) is 0 Å². The molecular formula is C18H28F2N2O5. The Labute approximate surface area is 158 Å². The number of ether oxygens (including phenoxy) is 2. The van der Waals surface area contributed by atoms with E-state index in [9.17, 15) is 18.4 Å². The van der Waals surface area contributed by atoms with Crippen LogP contribution < -0.4 is 0 Å². The molecule has 9 heteroatoms. The maximum atomic E-state index is 14.7. The highest BCUT2D eigenvalue weighted by Gasteiger charge is 2.62. The van der Waals surface area contributed by atoms with Crippen molar-refractivity contribution < 1.29 is 32.7 Å². The highest BCUT2D eigenvalue weighted by Crippen LogP contribution is 2.41. The molecule has 1 unspecified atom stereocenters. The van der Waals surface area contributed by atoms with Crippen LogP contribution >= 0.6 is 0 Å². The first-order valence-corrected chi connectivity index (χ1v) is 9.04. The van der Waals surface area contributed by atoms with Crippen molar-refractivity contribution in [2.75, 3.05) is 26.3 Å². The predicted molar refractivity (Wildman–Crippen MR) is 93.1 cm³/mol. The number of rotatable bonds is 6. The van der Waals surface area contributed by atoms with Gasteiger partial charge in [0.1, 0.15) is 18.2 Å². The number of esters is 1. The average molecular weight is 390 g/mol. The number of alkyl halides is 2. The minimum Gasteiger partial charge on any atom is -0.461 e. The molecule has 0 aromatic carbocycles. The van der Waals surface area contributed by atoms with E-state index >= 15 is 0 Å². The zero-order valence-electron chi connectivity index (χ0n) is 16.2. The highest BCUT2D eigenvalue weighted by atomic mass is 19.3. The van der Waals surface area contributed by atoms with Gasteiger partial charge < -0.3 is 9.47 Å². The molecule has 0 aromatic rings. The first kappa shape index (κ1) is 21.6. The van der Waals surface area contributed by atoms with E-state index in [4.69, 9.17) is 14.3 Å². The minimum absolute atomic E-state index is 0.0363. The van der Waals surface area contributed by atoms with E-state index in [2.05, 4.69) is 6.58 Å². The lowest BCUT2D eigenvalue weighted by molar-refractivity contribution is -0.192. The van der Waals surface area contributed by atoms with Gasteiger partial charge in [-0.1, -0.05) is 19.6 Å². The van der Waals surface area contributed by atoms with Crippen molar-refractivity contribution in [2.24, 2.45) is 5.92 Å². The molecule has 2 saturated heterocycles. The van der Waals surface area contributed by atoms with Crippen LogP contribution in [0.15, 0.2) is 12.7 Å². The molecule has 2 aliphatic rings. The molecule has 2 fully saturated rings. The molecule has 0 bridgehead atoms. The maximum Gasteiger partial charge on any atom is 0.410 e. The molecule has 0 radical (unpaired) electrons. The number of halogens is 2. The van der Waals surface area contributed by atoms with E-state index < -0.39 is 48.1 Å². The Morgan fingerprint density at radius 1 is 1.41 bits per heavy atom. The van der Waals surface area contributed by atoms with Crippen molar-refractivity contribution in [1.29, 1.82) is 0 Å². The Balaban J connectivity index is 2.10. The first-order valence-electron chi connectivity index (χ1n) is 9.04. The second-order valence-electron chi connectivity index (χ2n) is 7.80. The number of carbonyl (C=O) groups excluding carboxylic acids is 2.